The van der Waals surface area contributed by atoms with Crippen LogP contribution in [0.5, 0.6) is 0 Å². The Labute approximate surface area is 186 Å². The molecule has 0 fully saturated rings. The van der Waals surface area contributed by atoms with E-state index in [0.717, 1.165) is 41.1 Å². The molecule has 1 N–H and O–H groups in total. The lowest BCUT2D eigenvalue weighted by atomic mass is 10.1. The highest BCUT2D eigenvalue weighted by molar-refractivity contribution is 7.99. The smallest absolute Gasteiger partial charge is 0.324 e. The van der Waals surface area contributed by atoms with Gasteiger partial charge in [-0.05, 0) is 25.1 Å². The molecule has 0 aliphatic carbocycles. The van der Waals surface area contributed by atoms with Gasteiger partial charge >= 0.3 is 6.18 Å². The van der Waals surface area contributed by atoms with Crippen molar-refractivity contribution in [1.29, 1.82) is 0 Å². The number of thioether (sulfide) groups is 1. The molecule has 162 valence electrons. The Morgan fingerprint density at radius 3 is 2.58 bits per heavy atom. The first-order valence-corrected chi connectivity index (χ1v) is 10.5. The van der Waals surface area contributed by atoms with E-state index in [2.05, 4.69) is 22.1 Å². The van der Waals surface area contributed by atoms with E-state index in [1.807, 2.05) is 35.8 Å². The molecular formula is C21H18ClF3N4OS. The number of aryl methyl sites for hydroxylation is 1. The maximum Gasteiger partial charge on any atom is 0.416 e. The Morgan fingerprint density at radius 1 is 1.23 bits per heavy atom. The standard InChI is InChI=1S/C21H18ClF3N4OS/c1-3-10-29-19(14-6-4-13(2)5-7-14)27-28-20(29)31-12-18(30)26-17-11-15(21(23,24)25)8-9-16(17)22/h3-9,11H,1,10,12H2,2H3,(H,26,30). The molecule has 0 atom stereocenters. The zero-order chi connectivity index (χ0) is 22.6. The average molecular weight is 467 g/mol. The van der Waals surface area contributed by atoms with Crippen molar-refractivity contribution in [2.45, 2.75) is 24.8 Å². The number of carbonyl (C=O) groups excluding carboxylic acids is 1. The van der Waals surface area contributed by atoms with E-state index in [-0.39, 0.29) is 16.5 Å². The minimum atomic E-state index is -4.54. The largest absolute Gasteiger partial charge is 0.416 e. The molecule has 0 saturated carbocycles. The number of aromatic nitrogens is 3. The van der Waals surface area contributed by atoms with Crippen molar-refractivity contribution in [1.82, 2.24) is 14.8 Å². The zero-order valence-electron chi connectivity index (χ0n) is 16.4. The van der Waals surface area contributed by atoms with Gasteiger partial charge in [-0.15, -0.1) is 16.8 Å². The molecule has 0 bridgehead atoms. The van der Waals surface area contributed by atoms with Gasteiger partial charge in [0.2, 0.25) is 5.91 Å². The number of alkyl halides is 3. The molecule has 0 radical (unpaired) electrons. The van der Waals surface area contributed by atoms with Gasteiger partial charge in [0.15, 0.2) is 11.0 Å². The Hall–Kier alpha value is -2.78. The van der Waals surface area contributed by atoms with E-state index in [1.54, 1.807) is 6.08 Å². The third-order valence-corrected chi connectivity index (χ3v) is 5.53. The molecule has 1 amide bonds. The summed E-state index contributed by atoms with van der Waals surface area (Å²) in [6.45, 7) is 6.15. The summed E-state index contributed by atoms with van der Waals surface area (Å²) in [5.41, 5.74) is 0.980. The van der Waals surface area contributed by atoms with Gasteiger partial charge in [0.05, 0.1) is 22.0 Å². The fourth-order valence-electron chi connectivity index (χ4n) is 2.72. The lowest BCUT2D eigenvalue weighted by molar-refractivity contribution is -0.137. The Bertz CT molecular complexity index is 1100. The fourth-order valence-corrected chi connectivity index (χ4v) is 3.63. The number of anilines is 1. The molecular weight excluding hydrogens is 449 g/mol. The van der Waals surface area contributed by atoms with Crippen LogP contribution in [0.25, 0.3) is 11.4 Å². The van der Waals surface area contributed by atoms with Crippen molar-refractivity contribution < 1.29 is 18.0 Å². The quantitative estimate of drug-likeness (QED) is 0.351. The maximum absolute atomic E-state index is 12.9. The van der Waals surface area contributed by atoms with Gasteiger partial charge < -0.3 is 5.32 Å². The van der Waals surface area contributed by atoms with Crippen LogP contribution in [0.2, 0.25) is 5.02 Å². The van der Waals surface area contributed by atoms with Crippen LogP contribution >= 0.6 is 23.4 Å². The summed E-state index contributed by atoms with van der Waals surface area (Å²) in [7, 11) is 0. The van der Waals surface area contributed by atoms with Gasteiger partial charge in [0.1, 0.15) is 0 Å². The molecule has 5 nitrogen and oxygen atoms in total. The first kappa shape index (κ1) is 22.9. The fraction of sp³-hybridized carbons (Fsp3) is 0.190. The number of allylic oxidation sites excluding steroid dienone is 1. The minimum Gasteiger partial charge on any atom is -0.324 e. The number of halogens is 4. The number of carbonyl (C=O) groups is 1. The van der Waals surface area contributed by atoms with E-state index in [4.69, 9.17) is 11.6 Å². The van der Waals surface area contributed by atoms with E-state index in [1.165, 1.54) is 0 Å². The molecule has 0 unspecified atom stereocenters. The zero-order valence-corrected chi connectivity index (χ0v) is 18.0. The number of hydrogen-bond acceptors (Lipinski definition) is 4. The Kier molecular flexibility index (Phi) is 7.07. The molecule has 0 aliphatic heterocycles. The maximum atomic E-state index is 12.9. The van der Waals surface area contributed by atoms with Crippen LogP contribution in [0, 0.1) is 6.92 Å². The first-order chi connectivity index (χ1) is 14.7. The summed E-state index contributed by atoms with van der Waals surface area (Å²) in [6, 6.07) is 10.5. The van der Waals surface area contributed by atoms with E-state index >= 15 is 0 Å². The summed E-state index contributed by atoms with van der Waals surface area (Å²) >= 11 is 7.04. The highest BCUT2D eigenvalue weighted by Crippen LogP contribution is 2.34. The molecule has 2 aromatic carbocycles. The van der Waals surface area contributed by atoms with E-state index in [0.29, 0.717) is 17.5 Å². The second kappa shape index (κ2) is 9.57. The number of rotatable bonds is 7. The van der Waals surface area contributed by atoms with E-state index < -0.39 is 17.6 Å². The normalized spacial score (nSPS) is 11.4. The van der Waals surface area contributed by atoms with Crippen LogP contribution in [-0.4, -0.2) is 26.4 Å². The average Bonchev–Trinajstić information content (AvgIpc) is 3.11. The topological polar surface area (TPSA) is 59.8 Å². The Morgan fingerprint density at radius 2 is 1.94 bits per heavy atom. The number of amides is 1. The summed E-state index contributed by atoms with van der Waals surface area (Å²) in [5, 5.41) is 11.3. The van der Waals surface area contributed by atoms with Gasteiger partial charge in [-0.3, -0.25) is 9.36 Å². The van der Waals surface area contributed by atoms with Crippen molar-refractivity contribution in [3.63, 3.8) is 0 Å². The predicted molar refractivity (Wildman–Crippen MR) is 116 cm³/mol. The summed E-state index contributed by atoms with van der Waals surface area (Å²) in [4.78, 5) is 12.3. The van der Waals surface area contributed by atoms with Crippen LogP contribution in [0.1, 0.15) is 11.1 Å². The number of nitrogens with zero attached hydrogens (tertiary/aromatic N) is 3. The van der Waals surface area contributed by atoms with Gasteiger partial charge in [0, 0.05) is 12.1 Å². The number of benzene rings is 2. The number of hydrogen-bond donors (Lipinski definition) is 1. The van der Waals surface area contributed by atoms with Crippen LogP contribution in [0.3, 0.4) is 0 Å². The third kappa shape index (κ3) is 5.68. The van der Waals surface area contributed by atoms with E-state index in [9.17, 15) is 18.0 Å². The van der Waals surface area contributed by atoms with Gasteiger partial charge in [-0.25, -0.2) is 0 Å². The molecule has 10 heteroatoms. The summed E-state index contributed by atoms with van der Waals surface area (Å²) in [6.07, 6.45) is -2.85. The molecule has 0 saturated heterocycles. The SMILES string of the molecule is C=CCn1c(SCC(=O)Nc2cc(C(F)(F)F)ccc2Cl)nnc1-c1ccc(C)cc1. The van der Waals surface area contributed by atoms with Gasteiger partial charge in [0.25, 0.3) is 0 Å². The molecule has 3 aromatic rings. The lowest BCUT2D eigenvalue weighted by Gasteiger charge is -2.12. The van der Waals surface area contributed by atoms with Crippen molar-refractivity contribution >= 4 is 35.0 Å². The van der Waals surface area contributed by atoms with Crippen LogP contribution < -0.4 is 5.32 Å². The monoisotopic (exact) mass is 466 g/mol. The first-order valence-electron chi connectivity index (χ1n) is 9.09. The van der Waals surface area contributed by atoms with Crippen molar-refractivity contribution in [3.05, 3.63) is 71.3 Å². The predicted octanol–water partition coefficient (Wildman–Crippen LogP) is 5.84. The van der Waals surface area contributed by atoms with Gasteiger partial charge in [-0.2, -0.15) is 13.2 Å². The lowest BCUT2D eigenvalue weighted by Crippen LogP contribution is -2.16. The molecule has 1 aromatic heterocycles. The van der Waals surface area contributed by atoms with Crippen molar-refractivity contribution in [2.75, 3.05) is 11.1 Å². The second-order valence-corrected chi connectivity index (χ2v) is 7.95. The highest BCUT2D eigenvalue weighted by Gasteiger charge is 2.31. The van der Waals surface area contributed by atoms with Crippen molar-refractivity contribution in [3.8, 4) is 11.4 Å². The third-order valence-electron chi connectivity index (χ3n) is 4.24. The molecule has 3 rings (SSSR count). The van der Waals surface area contributed by atoms with Crippen molar-refractivity contribution in [2.24, 2.45) is 0 Å². The highest BCUT2D eigenvalue weighted by atomic mass is 35.5. The second-order valence-electron chi connectivity index (χ2n) is 6.60. The van der Waals surface area contributed by atoms with Crippen LogP contribution in [0.4, 0.5) is 18.9 Å². The summed E-state index contributed by atoms with van der Waals surface area (Å²) in [5.74, 6) is 0.0236. The molecule has 0 aliphatic rings. The van der Waals surface area contributed by atoms with Crippen LogP contribution in [-0.2, 0) is 17.5 Å². The number of nitrogens with one attached hydrogen (secondary N) is 1. The minimum absolute atomic E-state index is 0.0165. The van der Waals surface area contributed by atoms with Gasteiger partial charge in [-0.1, -0.05) is 59.3 Å². The Balaban J connectivity index is 1.73. The molecule has 1 heterocycles. The molecule has 31 heavy (non-hydrogen) atoms. The summed E-state index contributed by atoms with van der Waals surface area (Å²) < 4.78 is 40.5. The van der Waals surface area contributed by atoms with Crippen LogP contribution in [0.15, 0.2) is 60.3 Å². The molecule has 0 spiro atoms.